The number of amides is 2. The van der Waals surface area contributed by atoms with E-state index in [2.05, 4.69) is 36.5 Å². The number of methoxy groups -OCH3 is 1. The topological polar surface area (TPSA) is 78.9 Å². The minimum atomic E-state index is -1.14. The maximum Gasteiger partial charge on any atom is 0.256 e. The number of carbonyl (C=O) groups excluding carboxylic acids is 2. The maximum atomic E-state index is 13.6. The van der Waals surface area contributed by atoms with Gasteiger partial charge in [-0.1, -0.05) is 66.2 Å². The highest BCUT2D eigenvalue weighted by molar-refractivity contribution is 5.82. The van der Waals surface area contributed by atoms with Crippen molar-refractivity contribution >= 4 is 11.8 Å². The summed E-state index contributed by atoms with van der Waals surface area (Å²) < 4.78 is 5.60. The van der Waals surface area contributed by atoms with Crippen molar-refractivity contribution < 1.29 is 19.4 Å². The van der Waals surface area contributed by atoms with Gasteiger partial charge in [-0.25, -0.2) is 0 Å². The molecule has 0 saturated carbocycles. The number of nitrogens with zero attached hydrogens (tertiary/aromatic N) is 1. The van der Waals surface area contributed by atoms with Crippen molar-refractivity contribution in [3.63, 3.8) is 0 Å². The molecular formula is C34H38N2O4. The SMILES string of the molecule is COc1cccc2c1CC(C(=O)NC1CC3(CCN(C(=O)[C@@H](O)c4ccccc4)CC3)c3ccc(C)cc31)CC2. The molecule has 1 spiro atoms. The van der Waals surface area contributed by atoms with Gasteiger partial charge in [0, 0.05) is 24.4 Å². The van der Waals surface area contributed by atoms with E-state index in [-0.39, 0.29) is 29.2 Å². The van der Waals surface area contributed by atoms with Crippen molar-refractivity contribution in [2.24, 2.45) is 5.92 Å². The third kappa shape index (κ3) is 4.79. The molecular weight excluding hydrogens is 500 g/mol. The molecule has 2 N–H and O–H groups in total. The van der Waals surface area contributed by atoms with Gasteiger partial charge >= 0.3 is 0 Å². The van der Waals surface area contributed by atoms with Crippen molar-refractivity contribution in [1.82, 2.24) is 10.2 Å². The van der Waals surface area contributed by atoms with Crippen molar-refractivity contribution in [2.75, 3.05) is 20.2 Å². The molecule has 2 unspecified atom stereocenters. The number of aryl methyl sites for hydroxylation is 2. The number of piperidine rings is 1. The van der Waals surface area contributed by atoms with Gasteiger partial charge in [0.05, 0.1) is 13.2 Å². The third-order valence-corrected chi connectivity index (χ3v) is 9.48. The standard InChI is InChI=1S/C34H38N2O4/c1-22-11-14-28-27(19-22)29(35-32(38)25-13-12-23-9-6-10-30(40-2)26(23)20-25)21-34(28)15-17-36(18-16-34)33(39)31(37)24-7-4-3-5-8-24/h3-11,14,19,25,29,31,37H,12-13,15-18,20-21H2,1-2H3,(H,35,38)/t25?,29?,31-/m0/s1. The van der Waals surface area contributed by atoms with Gasteiger partial charge < -0.3 is 20.1 Å². The Bertz CT molecular complexity index is 1400. The molecule has 0 aromatic heterocycles. The molecule has 0 radical (unpaired) electrons. The number of aliphatic hydroxyl groups is 1. The monoisotopic (exact) mass is 538 g/mol. The first-order chi connectivity index (χ1) is 19.4. The number of hydrogen-bond donors (Lipinski definition) is 2. The van der Waals surface area contributed by atoms with E-state index in [9.17, 15) is 14.7 Å². The molecule has 3 aliphatic rings. The molecule has 208 valence electrons. The average Bonchev–Trinajstić information content (AvgIpc) is 3.27. The zero-order valence-electron chi connectivity index (χ0n) is 23.4. The Hall–Kier alpha value is -3.64. The first-order valence-corrected chi connectivity index (χ1v) is 14.5. The second-order valence-corrected chi connectivity index (χ2v) is 11.8. The Morgan fingerprint density at radius 3 is 2.58 bits per heavy atom. The molecule has 6 rings (SSSR count). The molecule has 3 aromatic carbocycles. The Morgan fingerprint density at radius 2 is 1.82 bits per heavy atom. The van der Waals surface area contributed by atoms with Crippen LogP contribution in [0.5, 0.6) is 5.75 Å². The number of nitrogens with one attached hydrogen (secondary N) is 1. The molecule has 3 atom stereocenters. The first kappa shape index (κ1) is 26.6. The van der Waals surface area contributed by atoms with E-state index in [4.69, 9.17) is 4.74 Å². The molecule has 6 nitrogen and oxygen atoms in total. The van der Waals surface area contributed by atoms with E-state index < -0.39 is 6.10 Å². The van der Waals surface area contributed by atoms with Gasteiger partial charge in [0.1, 0.15) is 5.75 Å². The minimum absolute atomic E-state index is 0.0429. The van der Waals surface area contributed by atoms with Crippen molar-refractivity contribution in [2.45, 2.75) is 63.0 Å². The van der Waals surface area contributed by atoms with Crippen LogP contribution in [0.25, 0.3) is 0 Å². The van der Waals surface area contributed by atoms with Crippen LogP contribution in [0.1, 0.15) is 71.2 Å². The molecule has 2 aliphatic carbocycles. The maximum absolute atomic E-state index is 13.6. The van der Waals surface area contributed by atoms with Crippen LogP contribution in [0.15, 0.2) is 66.7 Å². The van der Waals surface area contributed by atoms with Gasteiger partial charge in [0.25, 0.3) is 5.91 Å². The van der Waals surface area contributed by atoms with E-state index in [0.29, 0.717) is 25.1 Å². The number of ether oxygens (including phenoxy) is 1. The molecule has 2 amide bonds. The largest absolute Gasteiger partial charge is 0.496 e. The second kappa shape index (κ2) is 10.7. The second-order valence-electron chi connectivity index (χ2n) is 11.8. The molecule has 1 heterocycles. The summed E-state index contributed by atoms with van der Waals surface area (Å²) in [4.78, 5) is 28.6. The number of benzene rings is 3. The summed E-state index contributed by atoms with van der Waals surface area (Å²) in [6.45, 7) is 3.28. The summed E-state index contributed by atoms with van der Waals surface area (Å²) in [5.41, 5.74) is 6.68. The number of likely N-dealkylation sites (tertiary alicyclic amines) is 1. The van der Waals surface area contributed by atoms with Gasteiger partial charge in [-0.2, -0.15) is 0 Å². The summed E-state index contributed by atoms with van der Waals surface area (Å²) in [5, 5.41) is 14.1. The lowest BCUT2D eigenvalue weighted by Crippen LogP contribution is -2.46. The van der Waals surface area contributed by atoms with Gasteiger partial charge in [-0.3, -0.25) is 9.59 Å². The summed E-state index contributed by atoms with van der Waals surface area (Å²) >= 11 is 0. The van der Waals surface area contributed by atoms with Gasteiger partial charge in [0.2, 0.25) is 5.91 Å². The molecule has 40 heavy (non-hydrogen) atoms. The molecule has 0 bridgehead atoms. The Balaban J connectivity index is 1.17. The average molecular weight is 539 g/mol. The van der Waals surface area contributed by atoms with Crippen LogP contribution >= 0.6 is 0 Å². The van der Waals surface area contributed by atoms with Crippen LogP contribution in [0.4, 0.5) is 0 Å². The number of carbonyl (C=O) groups is 2. The third-order valence-electron chi connectivity index (χ3n) is 9.48. The van der Waals surface area contributed by atoms with Gasteiger partial charge in [-0.15, -0.1) is 0 Å². The van der Waals surface area contributed by atoms with E-state index in [1.54, 1.807) is 24.1 Å². The summed E-state index contributed by atoms with van der Waals surface area (Å²) in [6, 6.07) is 21.9. The van der Waals surface area contributed by atoms with Crippen molar-refractivity contribution in [3.8, 4) is 5.75 Å². The summed E-state index contributed by atoms with van der Waals surface area (Å²) in [6.07, 6.45) is 3.75. The molecule has 1 aliphatic heterocycles. The fraction of sp³-hybridized carbons (Fsp3) is 0.412. The normalized spacial score (nSPS) is 21.8. The van der Waals surface area contributed by atoms with Crippen LogP contribution in [0, 0.1) is 12.8 Å². The van der Waals surface area contributed by atoms with Crippen molar-refractivity contribution in [3.05, 3.63) is 100 Å². The highest BCUT2D eigenvalue weighted by Gasteiger charge is 2.47. The van der Waals surface area contributed by atoms with Gasteiger partial charge in [-0.05, 0) is 79.3 Å². The van der Waals surface area contributed by atoms with Crippen LogP contribution in [0.3, 0.4) is 0 Å². The highest BCUT2D eigenvalue weighted by atomic mass is 16.5. The fourth-order valence-electron chi connectivity index (χ4n) is 7.23. The van der Waals surface area contributed by atoms with E-state index in [1.165, 1.54) is 22.3 Å². The lowest BCUT2D eigenvalue weighted by atomic mass is 9.73. The predicted octanol–water partition coefficient (Wildman–Crippen LogP) is 4.96. The first-order valence-electron chi connectivity index (χ1n) is 14.5. The summed E-state index contributed by atoms with van der Waals surface area (Å²) in [7, 11) is 1.69. The zero-order valence-corrected chi connectivity index (χ0v) is 23.4. The molecule has 1 fully saturated rings. The zero-order chi connectivity index (χ0) is 27.9. The summed E-state index contributed by atoms with van der Waals surface area (Å²) in [5.74, 6) is 0.674. The quantitative estimate of drug-likeness (QED) is 0.481. The smallest absolute Gasteiger partial charge is 0.256 e. The Morgan fingerprint density at radius 1 is 1.05 bits per heavy atom. The molecule has 1 saturated heterocycles. The number of hydrogen-bond acceptors (Lipinski definition) is 4. The molecule has 6 heteroatoms. The van der Waals surface area contributed by atoms with Crippen LogP contribution in [-0.2, 0) is 27.8 Å². The number of rotatable bonds is 5. The van der Waals surface area contributed by atoms with Crippen molar-refractivity contribution in [1.29, 1.82) is 0 Å². The Labute approximate surface area is 236 Å². The molecule has 3 aromatic rings. The lowest BCUT2D eigenvalue weighted by molar-refractivity contribution is -0.142. The van der Waals surface area contributed by atoms with Crippen LogP contribution in [-0.4, -0.2) is 42.0 Å². The number of aliphatic hydroxyl groups excluding tert-OH is 1. The van der Waals surface area contributed by atoms with E-state index >= 15 is 0 Å². The van der Waals surface area contributed by atoms with Gasteiger partial charge in [0.15, 0.2) is 6.10 Å². The van der Waals surface area contributed by atoms with Crippen LogP contribution < -0.4 is 10.1 Å². The van der Waals surface area contributed by atoms with E-state index in [1.807, 2.05) is 30.3 Å². The van der Waals surface area contributed by atoms with Crippen LogP contribution in [0.2, 0.25) is 0 Å². The minimum Gasteiger partial charge on any atom is -0.496 e. The highest BCUT2D eigenvalue weighted by Crippen LogP contribution is 2.51. The number of fused-ring (bicyclic) bond motifs is 3. The Kier molecular flexibility index (Phi) is 7.13. The lowest BCUT2D eigenvalue weighted by Gasteiger charge is -2.41. The van der Waals surface area contributed by atoms with E-state index in [0.717, 1.165) is 43.4 Å². The predicted molar refractivity (Wildman–Crippen MR) is 154 cm³/mol. The fourth-order valence-corrected chi connectivity index (χ4v) is 7.23.